The fourth-order valence-corrected chi connectivity index (χ4v) is 2.42. The Bertz CT molecular complexity index is 677. The average molecular weight is 273 g/mol. The van der Waals surface area contributed by atoms with Crippen LogP contribution in [0.2, 0.25) is 0 Å². The summed E-state index contributed by atoms with van der Waals surface area (Å²) in [5, 5.41) is 0.753. The van der Waals surface area contributed by atoms with Crippen LogP contribution in [0.25, 0.3) is 11.0 Å². The molecular formula is C16H19NO3. The highest BCUT2D eigenvalue weighted by molar-refractivity contribution is 5.96. The minimum atomic E-state index is -0.583. The Labute approximate surface area is 118 Å². The topological polar surface area (TPSA) is 50.5 Å². The molecule has 2 rings (SSSR count). The Morgan fingerprint density at radius 3 is 2.30 bits per heavy atom. The smallest absolute Gasteiger partial charge is 0.349 e. The standard InChI is InChI=1S/C16H19NO3/c1-10(2)17(11(3)4)15(18)13-9-12-7-5-6-8-14(12)20-16(13)19/h5-11H,1-4H3. The van der Waals surface area contributed by atoms with Crippen molar-refractivity contribution < 1.29 is 9.21 Å². The molecule has 4 nitrogen and oxygen atoms in total. The van der Waals surface area contributed by atoms with Gasteiger partial charge in [0, 0.05) is 17.5 Å². The molecule has 0 saturated carbocycles. The highest BCUT2D eigenvalue weighted by Gasteiger charge is 2.24. The third-order valence-corrected chi connectivity index (χ3v) is 3.22. The van der Waals surface area contributed by atoms with E-state index in [0.717, 1.165) is 5.39 Å². The van der Waals surface area contributed by atoms with E-state index in [1.54, 1.807) is 23.1 Å². The lowest BCUT2D eigenvalue weighted by atomic mass is 10.1. The largest absolute Gasteiger partial charge is 0.422 e. The van der Waals surface area contributed by atoms with Crippen LogP contribution in [0.1, 0.15) is 38.1 Å². The number of carbonyl (C=O) groups excluding carboxylic acids is 1. The second-order valence-electron chi connectivity index (χ2n) is 5.39. The first kappa shape index (κ1) is 14.3. The number of nitrogens with zero attached hydrogens (tertiary/aromatic N) is 1. The third kappa shape index (κ3) is 2.59. The van der Waals surface area contributed by atoms with Gasteiger partial charge in [0.2, 0.25) is 0 Å². The molecule has 20 heavy (non-hydrogen) atoms. The highest BCUT2D eigenvalue weighted by Crippen LogP contribution is 2.16. The summed E-state index contributed by atoms with van der Waals surface area (Å²) in [6, 6.07) is 8.83. The Balaban J connectivity index is 2.54. The van der Waals surface area contributed by atoms with Crippen LogP contribution in [0, 0.1) is 0 Å². The molecule has 106 valence electrons. The Morgan fingerprint density at radius 1 is 1.10 bits per heavy atom. The van der Waals surface area contributed by atoms with E-state index >= 15 is 0 Å². The van der Waals surface area contributed by atoms with E-state index < -0.39 is 5.63 Å². The lowest BCUT2D eigenvalue weighted by Gasteiger charge is -2.30. The molecule has 1 aromatic carbocycles. The van der Waals surface area contributed by atoms with Gasteiger partial charge in [-0.25, -0.2) is 4.79 Å². The summed E-state index contributed by atoms with van der Waals surface area (Å²) in [4.78, 5) is 26.2. The Hall–Kier alpha value is -2.10. The van der Waals surface area contributed by atoms with Gasteiger partial charge in [-0.2, -0.15) is 0 Å². The van der Waals surface area contributed by atoms with Crippen LogP contribution in [-0.2, 0) is 0 Å². The van der Waals surface area contributed by atoms with Gasteiger partial charge in [-0.05, 0) is 39.8 Å². The van der Waals surface area contributed by atoms with Crippen molar-refractivity contribution in [2.75, 3.05) is 0 Å². The van der Waals surface area contributed by atoms with Gasteiger partial charge in [-0.15, -0.1) is 0 Å². The third-order valence-electron chi connectivity index (χ3n) is 3.22. The lowest BCUT2D eigenvalue weighted by molar-refractivity contribution is 0.0639. The van der Waals surface area contributed by atoms with Gasteiger partial charge >= 0.3 is 5.63 Å². The second kappa shape index (κ2) is 5.49. The number of fused-ring (bicyclic) bond motifs is 1. The number of amides is 1. The zero-order valence-electron chi connectivity index (χ0n) is 12.2. The summed E-state index contributed by atoms with van der Waals surface area (Å²) in [7, 11) is 0. The quantitative estimate of drug-likeness (QED) is 0.808. The van der Waals surface area contributed by atoms with Crippen LogP contribution in [-0.4, -0.2) is 22.9 Å². The molecule has 0 radical (unpaired) electrons. The van der Waals surface area contributed by atoms with Gasteiger partial charge in [-0.1, -0.05) is 18.2 Å². The highest BCUT2D eigenvalue weighted by atomic mass is 16.4. The van der Waals surface area contributed by atoms with Crippen LogP contribution in [0.4, 0.5) is 0 Å². The van der Waals surface area contributed by atoms with Crippen LogP contribution in [0.5, 0.6) is 0 Å². The van der Waals surface area contributed by atoms with Crippen molar-refractivity contribution in [3.05, 3.63) is 46.3 Å². The van der Waals surface area contributed by atoms with E-state index in [1.807, 2.05) is 39.8 Å². The van der Waals surface area contributed by atoms with E-state index in [-0.39, 0.29) is 23.6 Å². The summed E-state index contributed by atoms with van der Waals surface area (Å²) in [5.74, 6) is -0.283. The molecule has 1 aromatic heterocycles. The van der Waals surface area contributed by atoms with Crippen molar-refractivity contribution in [3.8, 4) is 0 Å². The number of hydrogen-bond acceptors (Lipinski definition) is 3. The van der Waals surface area contributed by atoms with Crippen LogP contribution >= 0.6 is 0 Å². The summed E-state index contributed by atoms with van der Waals surface area (Å²) < 4.78 is 5.22. The molecule has 0 fully saturated rings. The molecule has 0 aliphatic rings. The Morgan fingerprint density at radius 2 is 1.70 bits per heavy atom. The maximum absolute atomic E-state index is 12.6. The number of benzene rings is 1. The van der Waals surface area contributed by atoms with Crippen molar-refractivity contribution in [1.82, 2.24) is 4.90 Å². The normalized spacial score (nSPS) is 11.3. The molecule has 0 aliphatic heterocycles. The number of para-hydroxylation sites is 1. The van der Waals surface area contributed by atoms with Crippen molar-refractivity contribution >= 4 is 16.9 Å². The summed E-state index contributed by atoms with van der Waals surface area (Å²) in [6.45, 7) is 7.72. The number of rotatable bonds is 3. The second-order valence-corrected chi connectivity index (χ2v) is 5.39. The molecule has 0 unspecified atom stereocenters. The first-order valence-electron chi connectivity index (χ1n) is 6.77. The summed E-state index contributed by atoms with van der Waals surface area (Å²) in [5.41, 5.74) is 0.000735. The van der Waals surface area contributed by atoms with Gasteiger partial charge in [0.25, 0.3) is 5.91 Å². The monoisotopic (exact) mass is 273 g/mol. The van der Waals surface area contributed by atoms with Crippen molar-refractivity contribution in [1.29, 1.82) is 0 Å². The van der Waals surface area contributed by atoms with Gasteiger partial charge in [-0.3, -0.25) is 4.79 Å². The predicted molar refractivity (Wildman–Crippen MR) is 78.9 cm³/mol. The maximum atomic E-state index is 12.6. The molecule has 0 saturated heterocycles. The van der Waals surface area contributed by atoms with Crippen LogP contribution in [0.15, 0.2) is 39.5 Å². The zero-order chi connectivity index (χ0) is 14.9. The first-order chi connectivity index (χ1) is 9.41. The maximum Gasteiger partial charge on any atom is 0.349 e. The molecule has 4 heteroatoms. The van der Waals surface area contributed by atoms with Gasteiger partial charge in [0.05, 0.1) is 0 Å². The van der Waals surface area contributed by atoms with Gasteiger partial charge in [0.1, 0.15) is 11.1 Å². The average Bonchev–Trinajstić information content (AvgIpc) is 2.36. The van der Waals surface area contributed by atoms with Crippen molar-refractivity contribution in [3.63, 3.8) is 0 Å². The van der Waals surface area contributed by atoms with Crippen molar-refractivity contribution in [2.45, 2.75) is 39.8 Å². The van der Waals surface area contributed by atoms with Crippen molar-refractivity contribution in [2.24, 2.45) is 0 Å². The van der Waals surface area contributed by atoms with E-state index in [0.29, 0.717) is 5.58 Å². The molecule has 0 aliphatic carbocycles. The minimum absolute atomic E-state index is 0.0216. The fourth-order valence-electron chi connectivity index (χ4n) is 2.42. The molecular weight excluding hydrogens is 254 g/mol. The van der Waals surface area contributed by atoms with E-state index in [4.69, 9.17) is 4.42 Å². The molecule has 1 amide bonds. The zero-order valence-corrected chi connectivity index (χ0v) is 12.2. The van der Waals surface area contributed by atoms with Crippen LogP contribution in [0.3, 0.4) is 0 Å². The van der Waals surface area contributed by atoms with E-state index in [1.165, 1.54) is 0 Å². The molecule has 0 N–H and O–H groups in total. The predicted octanol–water partition coefficient (Wildman–Crippen LogP) is 3.05. The number of hydrogen-bond donors (Lipinski definition) is 0. The molecule has 0 spiro atoms. The number of carbonyl (C=O) groups is 1. The molecule has 2 aromatic rings. The molecule has 0 atom stereocenters. The SMILES string of the molecule is CC(C)N(C(=O)c1cc2ccccc2oc1=O)C(C)C. The fraction of sp³-hybridized carbons (Fsp3) is 0.375. The van der Waals surface area contributed by atoms with E-state index in [9.17, 15) is 9.59 Å². The lowest BCUT2D eigenvalue weighted by Crippen LogP contribution is -2.43. The minimum Gasteiger partial charge on any atom is -0.422 e. The van der Waals surface area contributed by atoms with Gasteiger partial charge < -0.3 is 9.32 Å². The van der Waals surface area contributed by atoms with E-state index in [2.05, 4.69) is 0 Å². The summed E-state index contributed by atoms with van der Waals surface area (Å²) >= 11 is 0. The Kier molecular flexibility index (Phi) is 3.93. The first-order valence-corrected chi connectivity index (χ1v) is 6.77. The summed E-state index contributed by atoms with van der Waals surface area (Å²) in [6.07, 6.45) is 0. The van der Waals surface area contributed by atoms with Crippen LogP contribution < -0.4 is 5.63 Å². The van der Waals surface area contributed by atoms with Gasteiger partial charge in [0.15, 0.2) is 0 Å². The molecule has 0 bridgehead atoms. The molecule has 1 heterocycles.